The lowest BCUT2D eigenvalue weighted by molar-refractivity contribution is -0.181. The third-order valence-electron chi connectivity index (χ3n) is 4.00. The van der Waals surface area contributed by atoms with Crippen LogP contribution in [0.2, 0.25) is 0 Å². The molecule has 0 saturated carbocycles. The van der Waals surface area contributed by atoms with Crippen molar-refractivity contribution < 1.29 is 18.0 Å². The minimum Gasteiger partial charge on any atom is -0.335 e. The van der Waals surface area contributed by atoms with Gasteiger partial charge in [0.25, 0.3) is 0 Å². The second-order valence-corrected chi connectivity index (χ2v) is 6.18. The minimum atomic E-state index is -4.22. The summed E-state index contributed by atoms with van der Waals surface area (Å²) in [5.41, 5.74) is 0. The first-order valence-corrected chi connectivity index (χ1v) is 7.62. The Bertz CT molecular complexity index is 354. The van der Waals surface area contributed by atoms with Crippen LogP contribution in [-0.4, -0.2) is 85.8 Å². The number of hydrogen-bond donors (Lipinski definition) is 1. The van der Waals surface area contributed by atoms with Gasteiger partial charge in [-0.2, -0.15) is 13.2 Å². The number of carbonyl (C=O) groups excluding carboxylic acids is 1. The molecule has 1 rings (SSSR count). The van der Waals surface area contributed by atoms with Crippen molar-refractivity contribution in [2.45, 2.75) is 38.5 Å². The molecule has 1 aliphatic rings. The van der Waals surface area contributed by atoms with Crippen molar-refractivity contribution >= 4 is 6.03 Å². The van der Waals surface area contributed by atoms with E-state index in [1.807, 2.05) is 25.9 Å². The fraction of sp³-hybridized carbons (Fsp3) is 0.929. The topological polar surface area (TPSA) is 38.8 Å². The fourth-order valence-corrected chi connectivity index (χ4v) is 2.35. The Labute approximate surface area is 130 Å². The Morgan fingerprint density at radius 1 is 1.18 bits per heavy atom. The van der Waals surface area contributed by atoms with Crippen LogP contribution < -0.4 is 5.32 Å². The van der Waals surface area contributed by atoms with Crippen LogP contribution in [0, 0.1) is 0 Å². The van der Waals surface area contributed by atoms with E-state index in [9.17, 15) is 18.0 Å². The molecule has 1 heterocycles. The fourth-order valence-electron chi connectivity index (χ4n) is 2.35. The molecule has 8 heteroatoms. The van der Waals surface area contributed by atoms with Crippen molar-refractivity contribution in [3.05, 3.63) is 0 Å². The SMILES string of the molecule is C[C@H](N1CCN(C(=O)N[C@@H](C)CCN(C)C)CC1)C(F)(F)F. The lowest BCUT2D eigenvalue weighted by atomic mass is 10.2. The van der Waals surface area contributed by atoms with Crippen LogP contribution in [0.25, 0.3) is 0 Å². The molecule has 0 spiro atoms. The van der Waals surface area contributed by atoms with E-state index < -0.39 is 12.2 Å². The summed E-state index contributed by atoms with van der Waals surface area (Å²) in [6.07, 6.45) is -3.38. The van der Waals surface area contributed by atoms with Crippen molar-refractivity contribution in [2.24, 2.45) is 0 Å². The van der Waals surface area contributed by atoms with Crippen LogP contribution in [0.15, 0.2) is 0 Å². The van der Waals surface area contributed by atoms with Gasteiger partial charge in [0.05, 0.1) is 0 Å². The van der Waals surface area contributed by atoms with Crippen LogP contribution in [0.4, 0.5) is 18.0 Å². The number of piperazine rings is 1. The van der Waals surface area contributed by atoms with Gasteiger partial charge in [0.15, 0.2) is 0 Å². The Kier molecular flexibility index (Phi) is 6.93. The highest BCUT2D eigenvalue weighted by Gasteiger charge is 2.41. The van der Waals surface area contributed by atoms with E-state index in [2.05, 4.69) is 5.32 Å². The van der Waals surface area contributed by atoms with Gasteiger partial charge in [-0.05, 0) is 40.9 Å². The first-order chi connectivity index (χ1) is 10.1. The van der Waals surface area contributed by atoms with Gasteiger partial charge in [-0.3, -0.25) is 4.90 Å². The van der Waals surface area contributed by atoms with Crippen molar-refractivity contribution in [3.8, 4) is 0 Å². The van der Waals surface area contributed by atoms with Gasteiger partial charge >= 0.3 is 12.2 Å². The van der Waals surface area contributed by atoms with E-state index in [1.54, 1.807) is 4.90 Å². The zero-order valence-corrected chi connectivity index (χ0v) is 13.8. The van der Waals surface area contributed by atoms with E-state index in [-0.39, 0.29) is 25.2 Å². The molecule has 1 fully saturated rings. The average molecular weight is 324 g/mol. The maximum atomic E-state index is 12.7. The number of hydrogen-bond acceptors (Lipinski definition) is 3. The first-order valence-electron chi connectivity index (χ1n) is 7.62. The molecule has 130 valence electrons. The molecule has 1 N–H and O–H groups in total. The zero-order valence-electron chi connectivity index (χ0n) is 13.8. The highest BCUT2D eigenvalue weighted by molar-refractivity contribution is 5.74. The smallest absolute Gasteiger partial charge is 0.335 e. The van der Waals surface area contributed by atoms with Crippen LogP contribution in [0.1, 0.15) is 20.3 Å². The molecule has 0 radical (unpaired) electrons. The number of nitrogens with zero attached hydrogens (tertiary/aromatic N) is 3. The molecule has 1 saturated heterocycles. The van der Waals surface area contributed by atoms with Crippen LogP contribution in [0.5, 0.6) is 0 Å². The first kappa shape index (κ1) is 19.0. The molecule has 0 bridgehead atoms. The van der Waals surface area contributed by atoms with E-state index in [1.165, 1.54) is 11.8 Å². The third-order valence-corrected chi connectivity index (χ3v) is 4.00. The normalized spacial score (nSPS) is 20.1. The predicted octanol–water partition coefficient (Wildman–Crippen LogP) is 1.60. The van der Waals surface area contributed by atoms with Crippen LogP contribution >= 0.6 is 0 Å². The Morgan fingerprint density at radius 2 is 1.73 bits per heavy atom. The third kappa shape index (κ3) is 6.00. The number of amides is 2. The monoisotopic (exact) mass is 324 g/mol. The Hall–Kier alpha value is -1.02. The summed E-state index contributed by atoms with van der Waals surface area (Å²) >= 11 is 0. The van der Waals surface area contributed by atoms with E-state index in [0.717, 1.165) is 13.0 Å². The molecular formula is C14H27F3N4O. The van der Waals surface area contributed by atoms with Gasteiger partial charge < -0.3 is 15.1 Å². The molecule has 0 unspecified atom stereocenters. The van der Waals surface area contributed by atoms with Crippen molar-refractivity contribution in [1.29, 1.82) is 0 Å². The molecule has 22 heavy (non-hydrogen) atoms. The summed E-state index contributed by atoms with van der Waals surface area (Å²) in [5, 5.41) is 2.90. The number of rotatable bonds is 5. The standard InChI is InChI=1S/C14H27F3N4O/c1-11(5-6-19(3)4)18-13(22)21-9-7-20(8-10-21)12(2)14(15,16)17/h11-12H,5-10H2,1-4H3,(H,18,22)/t11-,12-/m0/s1. The zero-order chi connectivity index (χ0) is 16.9. The molecule has 0 aromatic heterocycles. The molecule has 5 nitrogen and oxygen atoms in total. The van der Waals surface area contributed by atoms with Gasteiger partial charge in [-0.25, -0.2) is 4.79 Å². The Morgan fingerprint density at radius 3 is 2.18 bits per heavy atom. The summed E-state index contributed by atoms with van der Waals surface area (Å²) in [5.74, 6) is 0. The second kappa shape index (κ2) is 8.01. The molecule has 1 aliphatic heterocycles. The number of alkyl halides is 3. The maximum absolute atomic E-state index is 12.7. The van der Waals surface area contributed by atoms with Gasteiger partial charge in [-0.1, -0.05) is 0 Å². The van der Waals surface area contributed by atoms with Crippen molar-refractivity contribution in [2.75, 3.05) is 46.8 Å². The summed E-state index contributed by atoms with van der Waals surface area (Å²) in [7, 11) is 3.94. The van der Waals surface area contributed by atoms with E-state index in [0.29, 0.717) is 13.1 Å². The maximum Gasteiger partial charge on any atom is 0.403 e. The number of urea groups is 1. The molecule has 0 aromatic rings. The quantitative estimate of drug-likeness (QED) is 0.835. The van der Waals surface area contributed by atoms with Gasteiger partial charge in [-0.15, -0.1) is 0 Å². The summed E-state index contributed by atoms with van der Waals surface area (Å²) < 4.78 is 38.0. The molecule has 0 aromatic carbocycles. The number of halogens is 3. The largest absolute Gasteiger partial charge is 0.403 e. The molecular weight excluding hydrogens is 297 g/mol. The van der Waals surface area contributed by atoms with Crippen molar-refractivity contribution in [3.63, 3.8) is 0 Å². The Balaban J connectivity index is 2.36. The van der Waals surface area contributed by atoms with Gasteiger partial charge in [0.1, 0.15) is 6.04 Å². The van der Waals surface area contributed by atoms with Crippen molar-refractivity contribution in [1.82, 2.24) is 20.0 Å². The number of carbonyl (C=O) groups is 1. The lowest BCUT2D eigenvalue weighted by Gasteiger charge is -2.38. The van der Waals surface area contributed by atoms with Gasteiger partial charge in [0.2, 0.25) is 0 Å². The van der Waals surface area contributed by atoms with Crippen LogP contribution in [-0.2, 0) is 0 Å². The average Bonchev–Trinajstić information content (AvgIpc) is 2.43. The summed E-state index contributed by atoms with van der Waals surface area (Å²) in [4.78, 5) is 17.1. The highest BCUT2D eigenvalue weighted by Crippen LogP contribution is 2.25. The second-order valence-electron chi connectivity index (χ2n) is 6.18. The minimum absolute atomic E-state index is 0.0435. The molecule has 2 atom stereocenters. The van der Waals surface area contributed by atoms with Crippen LogP contribution in [0.3, 0.4) is 0 Å². The number of nitrogens with one attached hydrogen (secondary N) is 1. The van der Waals surface area contributed by atoms with E-state index >= 15 is 0 Å². The summed E-state index contributed by atoms with van der Waals surface area (Å²) in [6.45, 7) is 5.13. The lowest BCUT2D eigenvalue weighted by Crippen LogP contribution is -2.57. The molecule has 0 aliphatic carbocycles. The molecule has 2 amide bonds. The highest BCUT2D eigenvalue weighted by atomic mass is 19.4. The van der Waals surface area contributed by atoms with E-state index in [4.69, 9.17) is 0 Å². The summed E-state index contributed by atoms with van der Waals surface area (Å²) in [6, 6.07) is -1.61. The predicted molar refractivity (Wildman–Crippen MR) is 79.8 cm³/mol. The van der Waals surface area contributed by atoms with Gasteiger partial charge in [0, 0.05) is 32.2 Å².